The molecule has 1 saturated heterocycles. The number of benzene rings is 3. The fourth-order valence-corrected chi connectivity index (χ4v) is 4.50. The highest BCUT2D eigenvalue weighted by atomic mass is 16.5. The number of primary amides is 1. The third kappa shape index (κ3) is 4.32. The lowest BCUT2D eigenvalue weighted by Crippen LogP contribution is -2.37. The van der Waals surface area contributed by atoms with Crippen LogP contribution in [-0.4, -0.2) is 34.8 Å². The van der Waals surface area contributed by atoms with Crippen LogP contribution in [0.15, 0.2) is 79.0 Å². The number of aromatic nitrogens is 1. The largest absolute Gasteiger partial charge is 0.457 e. The molecule has 0 bridgehead atoms. The van der Waals surface area contributed by atoms with Crippen LogP contribution in [0.3, 0.4) is 0 Å². The van der Waals surface area contributed by atoms with E-state index in [0.717, 1.165) is 31.4 Å². The molecule has 1 fully saturated rings. The molecule has 6 nitrogen and oxygen atoms in total. The minimum atomic E-state index is -0.477. The minimum absolute atomic E-state index is 0.0461. The van der Waals surface area contributed by atoms with E-state index in [2.05, 4.69) is 29.4 Å². The molecule has 2 heterocycles. The van der Waals surface area contributed by atoms with Gasteiger partial charge in [-0.1, -0.05) is 18.2 Å². The van der Waals surface area contributed by atoms with Crippen LogP contribution in [0.4, 0.5) is 0 Å². The molecular weight excluding hydrogens is 414 g/mol. The number of carbonyl (C=O) groups is 2. The van der Waals surface area contributed by atoms with Gasteiger partial charge >= 0.3 is 0 Å². The molecule has 1 aliphatic heterocycles. The number of ether oxygens (including phenoxy) is 1. The van der Waals surface area contributed by atoms with E-state index in [-0.39, 0.29) is 5.91 Å². The summed E-state index contributed by atoms with van der Waals surface area (Å²) in [5.41, 5.74) is 8.85. The lowest BCUT2D eigenvalue weighted by Gasteiger charge is -2.32. The van der Waals surface area contributed by atoms with E-state index in [9.17, 15) is 9.59 Å². The van der Waals surface area contributed by atoms with Crippen molar-refractivity contribution in [3.63, 3.8) is 0 Å². The van der Waals surface area contributed by atoms with E-state index < -0.39 is 5.91 Å². The number of piperidine rings is 1. The van der Waals surface area contributed by atoms with E-state index in [4.69, 9.17) is 10.5 Å². The van der Waals surface area contributed by atoms with Crippen molar-refractivity contribution in [2.24, 2.45) is 5.73 Å². The van der Waals surface area contributed by atoms with Gasteiger partial charge in [0.2, 0.25) is 5.91 Å². The highest BCUT2D eigenvalue weighted by Gasteiger charge is 2.26. The zero-order valence-electron chi connectivity index (χ0n) is 18.2. The molecule has 3 N–H and O–H groups in total. The average Bonchev–Trinajstić information content (AvgIpc) is 3.29. The van der Waals surface area contributed by atoms with E-state index in [1.54, 1.807) is 48.5 Å². The summed E-state index contributed by atoms with van der Waals surface area (Å²) in [6.07, 6.45) is 4.03. The van der Waals surface area contributed by atoms with Crippen molar-refractivity contribution in [1.82, 2.24) is 9.88 Å². The number of likely N-dealkylation sites (tertiary alicyclic amines) is 1. The summed E-state index contributed by atoms with van der Waals surface area (Å²) < 4.78 is 5.80. The van der Waals surface area contributed by atoms with Crippen molar-refractivity contribution in [3.8, 4) is 11.5 Å². The summed E-state index contributed by atoms with van der Waals surface area (Å²) in [7, 11) is 0. The Bertz CT molecular complexity index is 1280. The Hall–Kier alpha value is -4.06. The molecule has 33 heavy (non-hydrogen) atoms. The van der Waals surface area contributed by atoms with Gasteiger partial charge in [0.05, 0.1) is 0 Å². The molecule has 166 valence electrons. The van der Waals surface area contributed by atoms with E-state index in [0.29, 0.717) is 28.5 Å². The van der Waals surface area contributed by atoms with Crippen LogP contribution in [0.1, 0.15) is 45.0 Å². The Morgan fingerprint density at radius 1 is 0.848 bits per heavy atom. The predicted octanol–water partition coefficient (Wildman–Crippen LogP) is 5.08. The summed E-state index contributed by atoms with van der Waals surface area (Å²) in [5, 5.41) is 1.28. The predicted molar refractivity (Wildman–Crippen MR) is 128 cm³/mol. The third-order valence-electron chi connectivity index (χ3n) is 6.32. The van der Waals surface area contributed by atoms with Gasteiger partial charge in [-0.2, -0.15) is 0 Å². The number of carbonyl (C=O) groups excluding carboxylic acids is 2. The van der Waals surface area contributed by atoms with Crippen LogP contribution in [-0.2, 0) is 0 Å². The molecule has 6 heteroatoms. The van der Waals surface area contributed by atoms with Crippen molar-refractivity contribution in [2.75, 3.05) is 13.1 Å². The van der Waals surface area contributed by atoms with E-state index in [1.165, 1.54) is 10.9 Å². The summed E-state index contributed by atoms with van der Waals surface area (Å²) in [6, 6.07) is 22.2. The Labute approximate surface area is 192 Å². The van der Waals surface area contributed by atoms with Gasteiger partial charge in [-0.15, -0.1) is 0 Å². The quantitative estimate of drug-likeness (QED) is 0.455. The van der Waals surface area contributed by atoms with Crippen LogP contribution in [0, 0.1) is 0 Å². The second kappa shape index (κ2) is 8.82. The van der Waals surface area contributed by atoms with Crippen molar-refractivity contribution in [1.29, 1.82) is 0 Å². The molecule has 0 aliphatic carbocycles. The number of rotatable bonds is 5. The normalized spacial score (nSPS) is 14.4. The van der Waals surface area contributed by atoms with Gasteiger partial charge in [0.15, 0.2) is 0 Å². The number of aromatic amines is 1. The monoisotopic (exact) mass is 439 g/mol. The Balaban J connectivity index is 1.20. The molecule has 5 rings (SSSR count). The molecule has 0 radical (unpaired) electrons. The fraction of sp³-hybridized carbons (Fsp3) is 0.185. The third-order valence-corrected chi connectivity index (χ3v) is 6.32. The van der Waals surface area contributed by atoms with Gasteiger partial charge in [0.25, 0.3) is 5.91 Å². The number of para-hydroxylation sites is 1. The highest BCUT2D eigenvalue weighted by Crippen LogP contribution is 2.33. The Morgan fingerprint density at radius 2 is 1.45 bits per heavy atom. The maximum Gasteiger partial charge on any atom is 0.253 e. The molecule has 1 aromatic heterocycles. The van der Waals surface area contributed by atoms with Crippen LogP contribution < -0.4 is 10.5 Å². The molecule has 4 aromatic rings. The molecule has 0 unspecified atom stereocenters. The van der Waals surface area contributed by atoms with E-state index in [1.807, 2.05) is 11.0 Å². The van der Waals surface area contributed by atoms with Crippen LogP contribution >= 0.6 is 0 Å². The Morgan fingerprint density at radius 3 is 2.09 bits per heavy atom. The Kier molecular flexibility index (Phi) is 5.57. The molecule has 0 spiro atoms. The first kappa shape index (κ1) is 20.8. The average molecular weight is 440 g/mol. The number of amides is 2. The van der Waals surface area contributed by atoms with Crippen molar-refractivity contribution in [2.45, 2.75) is 18.8 Å². The van der Waals surface area contributed by atoms with Crippen molar-refractivity contribution < 1.29 is 14.3 Å². The first-order chi connectivity index (χ1) is 16.1. The number of nitrogens with two attached hydrogens (primary N) is 1. The minimum Gasteiger partial charge on any atom is -0.457 e. The molecular formula is C27H25N3O3. The number of hydrogen-bond acceptors (Lipinski definition) is 3. The van der Waals surface area contributed by atoms with E-state index >= 15 is 0 Å². The topological polar surface area (TPSA) is 88.4 Å². The van der Waals surface area contributed by atoms with Gasteiger partial charge in [0.1, 0.15) is 11.5 Å². The van der Waals surface area contributed by atoms with Gasteiger partial charge in [-0.25, -0.2) is 0 Å². The molecule has 1 aliphatic rings. The molecule has 3 aromatic carbocycles. The second-order valence-electron chi connectivity index (χ2n) is 8.37. The first-order valence-electron chi connectivity index (χ1n) is 11.1. The first-order valence-corrected chi connectivity index (χ1v) is 11.1. The summed E-state index contributed by atoms with van der Waals surface area (Å²) in [5.74, 6) is 1.25. The van der Waals surface area contributed by atoms with Crippen LogP contribution in [0.2, 0.25) is 0 Å². The lowest BCUT2D eigenvalue weighted by atomic mass is 9.89. The SMILES string of the molecule is NC(=O)c1ccc(Oc2ccc(C(=O)N3CCC(c4c[nH]c5ccccc45)CC3)cc2)cc1. The fourth-order valence-electron chi connectivity index (χ4n) is 4.50. The summed E-state index contributed by atoms with van der Waals surface area (Å²) in [4.78, 5) is 29.5. The highest BCUT2D eigenvalue weighted by molar-refractivity contribution is 5.94. The van der Waals surface area contributed by atoms with Gasteiger partial charge in [0, 0.05) is 41.3 Å². The van der Waals surface area contributed by atoms with Crippen molar-refractivity contribution >= 4 is 22.7 Å². The number of hydrogen-bond donors (Lipinski definition) is 2. The van der Waals surface area contributed by atoms with Crippen LogP contribution in [0.5, 0.6) is 11.5 Å². The lowest BCUT2D eigenvalue weighted by molar-refractivity contribution is 0.0713. The standard InChI is InChI=1S/C27H25N3O3/c28-26(31)19-5-9-21(10-6-19)33-22-11-7-20(8-12-22)27(32)30-15-13-18(14-16-30)24-17-29-25-4-2-1-3-23(24)25/h1-12,17-18,29H,13-16H2,(H2,28,31). The molecule has 2 amide bonds. The second-order valence-corrected chi connectivity index (χ2v) is 8.37. The summed E-state index contributed by atoms with van der Waals surface area (Å²) >= 11 is 0. The smallest absolute Gasteiger partial charge is 0.253 e. The summed E-state index contributed by atoms with van der Waals surface area (Å²) in [6.45, 7) is 1.49. The molecule has 0 atom stereocenters. The molecule has 0 saturated carbocycles. The van der Waals surface area contributed by atoms with Gasteiger partial charge in [-0.3, -0.25) is 9.59 Å². The zero-order valence-corrected chi connectivity index (χ0v) is 18.2. The number of fused-ring (bicyclic) bond motifs is 1. The van der Waals surface area contributed by atoms with Gasteiger partial charge < -0.3 is 20.4 Å². The maximum absolute atomic E-state index is 13.0. The maximum atomic E-state index is 13.0. The zero-order chi connectivity index (χ0) is 22.8. The van der Waals surface area contributed by atoms with Crippen LogP contribution in [0.25, 0.3) is 10.9 Å². The number of nitrogens with zero attached hydrogens (tertiary/aromatic N) is 1. The number of nitrogens with one attached hydrogen (secondary N) is 1. The van der Waals surface area contributed by atoms with Crippen molar-refractivity contribution in [3.05, 3.63) is 95.7 Å². The van der Waals surface area contributed by atoms with Gasteiger partial charge in [-0.05, 0) is 78.9 Å². The number of H-pyrrole nitrogens is 1.